The van der Waals surface area contributed by atoms with Crippen molar-refractivity contribution in [3.05, 3.63) is 47.4 Å². The molecule has 1 aromatic heterocycles. The monoisotopic (exact) mass is 285 g/mol. The maximum absolute atomic E-state index is 11.3. The maximum atomic E-state index is 11.3. The second-order valence-electron chi connectivity index (χ2n) is 4.56. The minimum absolute atomic E-state index is 0.197. The van der Waals surface area contributed by atoms with E-state index in [9.17, 15) is 4.79 Å². The third-order valence-electron chi connectivity index (χ3n) is 3.30. The smallest absolute Gasteiger partial charge is 0.358 e. The molecule has 2 aromatic rings. The largest absolute Gasteiger partial charge is 0.464 e. The summed E-state index contributed by atoms with van der Waals surface area (Å²) in [6, 6.07) is 6.25. The molecule has 5 nitrogen and oxygen atoms in total. The molecular formula is C16H19N3O2. The van der Waals surface area contributed by atoms with Crippen LogP contribution in [0.15, 0.2) is 30.6 Å². The summed E-state index contributed by atoms with van der Waals surface area (Å²) in [7, 11) is 1.32. The minimum Gasteiger partial charge on any atom is -0.464 e. The van der Waals surface area contributed by atoms with E-state index in [1.54, 1.807) is 0 Å². The fraction of sp³-hybridized carbons (Fsp3) is 0.312. The van der Waals surface area contributed by atoms with Crippen LogP contribution < -0.4 is 5.32 Å². The molecule has 0 bridgehead atoms. The van der Waals surface area contributed by atoms with Crippen LogP contribution >= 0.6 is 0 Å². The molecule has 1 N–H and O–H groups in total. The number of para-hydroxylation sites is 1. The molecule has 110 valence electrons. The van der Waals surface area contributed by atoms with Crippen molar-refractivity contribution in [3.8, 4) is 0 Å². The molecule has 0 aliphatic carbocycles. The van der Waals surface area contributed by atoms with Crippen LogP contribution in [0.4, 0.5) is 11.5 Å². The molecule has 5 heteroatoms. The second-order valence-corrected chi connectivity index (χ2v) is 4.56. The molecule has 0 unspecified atom stereocenters. The summed E-state index contributed by atoms with van der Waals surface area (Å²) in [4.78, 5) is 19.6. The molecule has 0 fully saturated rings. The number of hydrogen-bond acceptors (Lipinski definition) is 5. The van der Waals surface area contributed by atoms with Gasteiger partial charge in [-0.1, -0.05) is 32.0 Å². The predicted octanol–water partition coefficient (Wildman–Crippen LogP) is 3.13. The summed E-state index contributed by atoms with van der Waals surface area (Å²) < 4.78 is 4.61. The maximum Gasteiger partial charge on any atom is 0.358 e. The van der Waals surface area contributed by atoms with Crippen molar-refractivity contribution in [1.29, 1.82) is 0 Å². The van der Waals surface area contributed by atoms with Crippen LogP contribution in [0, 0.1) is 0 Å². The first-order chi connectivity index (χ1) is 10.2. The zero-order valence-electron chi connectivity index (χ0n) is 12.5. The SMILES string of the molecule is CCc1cccc(CC)c1Nc1cnc(C(=O)OC)cn1. The summed E-state index contributed by atoms with van der Waals surface area (Å²) >= 11 is 0. The normalized spacial score (nSPS) is 10.2. The lowest BCUT2D eigenvalue weighted by atomic mass is 10.0. The Morgan fingerprint density at radius 2 is 1.81 bits per heavy atom. The van der Waals surface area contributed by atoms with Crippen LogP contribution in [0.3, 0.4) is 0 Å². The molecule has 0 saturated carbocycles. The van der Waals surface area contributed by atoms with Gasteiger partial charge in [0.25, 0.3) is 0 Å². The van der Waals surface area contributed by atoms with E-state index < -0.39 is 5.97 Å². The molecular weight excluding hydrogens is 266 g/mol. The van der Waals surface area contributed by atoms with E-state index in [0.29, 0.717) is 5.82 Å². The predicted molar refractivity (Wildman–Crippen MR) is 81.9 cm³/mol. The number of methoxy groups -OCH3 is 1. The van der Waals surface area contributed by atoms with Gasteiger partial charge >= 0.3 is 5.97 Å². The van der Waals surface area contributed by atoms with Gasteiger partial charge in [-0.15, -0.1) is 0 Å². The van der Waals surface area contributed by atoms with Crippen LogP contribution in [-0.4, -0.2) is 23.0 Å². The van der Waals surface area contributed by atoms with Gasteiger partial charge in [-0.25, -0.2) is 14.8 Å². The Hall–Kier alpha value is -2.43. The standard InChI is InChI=1S/C16H19N3O2/c1-4-11-7-6-8-12(5-2)15(11)19-14-10-17-13(9-18-14)16(20)21-3/h6-10H,4-5H2,1-3H3,(H,18,19). The van der Waals surface area contributed by atoms with Gasteiger partial charge < -0.3 is 10.1 Å². The van der Waals surface area contributed by atoms with Gasteiger partial charge in [-0.2, -0.15) is 0 Å². The highest BCUT2D eigenvalue weighted by Crippen LogP contribution is 2.25. The molecule has 2 rings (SSSR count). The van der Waals surface area contributed by atoms with Crippen molar-refractivity contribution < 1.29 is 9.53 Å². The lowest BCUT2D eigenvalue weighted by Crippen LogP contribution is -2.07. The first-order valence-corrected chi connectivity index (χ1v) is 6.97. The molecule has 0 radical (unpaired) electrons. The van der Waals surface area contributed by atoms with Gasteiger partial charge in [0.1, 0.15) is 5.82 Å². The molecule has 0 atom stereocenters. The fourth-order valence-electron chi connectivity index (χ4n) is 2.13. The highest BCUT2D eigenvalue weighted by atomic mass is 16.5. The zero-order valence-corrected chi connectivity index (χ0v) is 12.5. The van der Waals surface area contributed by atoms with Crippen molar-refractivity contribution in [1.82, 2.24) is 9.97 Å². The molecule has 0 amide bonds. The van der Waals surface area contributed by atoms with Gasteiger partial charge in [0.05, 0.1) is 19.5 Å². The van der Waals surface area contributed by atoms with Gasteiger partial charge in [0.15, 0.2) is 5.69 Å². The lowest BCUT2D eigenvalue weighted by molar-refractivity contribution is 0.0593. The van der Waals surface area contributed by atoms with Gasteiger partial charge in [-0.3, -0.25) is 0 Å². The molecule has 0 saturated heterocycles. The minimum atomic E-state index is -0.489. The molecule has 0 aliphatic heterocycles. The van der Waals surface area contributed by atoms with Crippen LogP contribution in [0.1, 0.15) is 35.5 Å². The van der Waals surface area contributed by atoms with E-state index in [1.165, 1.54) is 30.6 Å². The molecule has 21 heavy (non-hydrogen) atoms. The van der Waals surface area contributed by atoms with E-state index in [4.69, 9.17) is 0 Å². The van der Waals surface area contributed by atoms with Crippen molar-refractivity contribution in [3.63, 3.8) is 0 Å². The average molecular weight is 285 g/mol. The lowest BCUT2D eigenvalue weighted by Gasteiger charge is -2.14. The Morgan fingerprint density at radius 3 is 2.29 bits per heavy atom. The summed E-state index contributed by atoms with van der Waals surface area (Å²) in [5.41, 5.74) is 3.73. The average Bonchev–Trinajstić information content (AvgIpc) is 2.55. The number of hydrogen-bond donors (Lipinski definition) is 1. The van der Waals surface area contributed by atoms with E-state index >= 15 is 0 Å². The van der Waals surface area contributed by atoms with E-state index in [0.717, 1.165) is 18.5 Å². The quantitative estimate of drug-likeness (QED) is 0.855. The third kappa shape index (κ3) is 3.37. The number of aromatic nitrogens is 2. The number of benzene rings is 1. The topological polar surface area (TPSA) is 64.1 Å². The van der Waals surface area contributed by atoms with Gasteiger partial charge in [0, 0.05) is 5.69 Å². The van der Waals surface area contributed by atoms with E-state index in [2.05, 4.69) is 52.1 Å². The number of anilines is 2. The Kier molecular flexibility index (Phi) is 4.87. The number of aryl methyl sites for hydroxylation is 2. The Balaban J connectivity index is 2.28. The van der Waals surface area contributed by atoms with Crippen molar-refractivity contribution in [2.75, 3.05) is 12.4 Å². The molecule has 0 aliphatic rings. The van der Waals surface area contributed by atoms with E-state index in [-0.39, 0.29) is 5.69 Å². The highest BCUT2D eigenvalue weighted by molar-refractivity contribution is 5.86. The number of nitrogens with one attached hydrogen (secondary N) is 1. The third-order valence-corrected chi connectivity index (χ3v) is 3.30. The summed E-state index contributed by atoms with van der Waals surface area (Å²) in [6.45, 7) is 4.23. The number of esters is 1. The number of nitrogens with zero attached hydrogens (tertiary/aromatic N) is 2. The van der Waals surface area contributed by atoms with Gasteiger partial charge in [0.2, 0.25) is 0 Å². The Bertz CT molecular complexity index is 602. The van der Waals surface area contributed by atoms with Crippen molar-refractivity contribution >= 4 is 17.5 Å². The number of carbonyl (C=O) groups excluding carboxylic acids is 1. The first kappa shape index (κ1) is 15.0. The molecule has 0 spiro atoms. The summed E-state index contributed by atoms with van der Waals surface area (Å²) in [5, 5.41) is 3.30. The first-order valence-electron chi connectivity index (χ1n) is 6.97. The van der Waals surface area contributed by atoms with Crippen LogP contribution in [0.2, 0.25) is 0 Å². The van der Waals surface area contributed by atoms with Crippen LogP contribution in [0.25, 0.3) is 0 Å². The van der Waals surface area contributed by atoms with E-state index in [1.807, 2.05) is 0 Å². The Morgan fingerprint density at radius 1 is 1.14 bits per heavy atom. The van der Waals surface area contributed by atoms with Crippen molar-refractivity contribution in [2.45, 2.75) is 26.7 Å². The molecule has 1 heterocycles. The highest BCUT2D eigenvalue weighted by Gasteiger charge is 2.10. The number of rotatable bonds is 5. The summed E-state index contributed by atoms with van der Waals surface area (Å²) in [5.74, 6) is 0.121. The second kappa shape index (κ2) is 6.83. The van der Waals surface area contributed by atoms with Crippen molar-refractivity contribution in [2.24, 2.45) is 0 Å². The van der Waals surface area contributed by atoms with Crippen LogP contribution in [-0.2, 0) is 17.6 Å². The van der Waals surface area contributed by atoms with Gasteiger partial charge in [-0.05, 0) is 24.0 Å². The number of ether oxygens (including phenoxy) is 1. The Labute approximate surface area is 124 Å². The fourth-order valence-corrected chi connectivity index (χ4v) is 2.13. The van der Waals surface area contributed by atoms with Crippen LogP contribution in [0.5, 0.6) is 0 Å². The zero-order chi connectivity index (χ0) is 15.2. The number of carbonyl (C=O) groups is 1. The molecule has 1 aromatic carbocycles. The summed E-state index contributed by atoms with van der Waals surface area (Å²) in [6.07, 6.45) is 4.82.